The molecule has 0 heterocycles. The number of aryl methyl sites for hydroxylation is 1. The molecular weight excluding hydrogens is 386 g/mol. The van der Waals surface area contributed by atoms with E-state index >= 15 is 0 Å². The van der Waals surface area contributed by atoms with Crippen molar-refractivity contribution < 1.29 is 14.3 Å². The molecule has 0 unspecified atom stereocenters. The van der Waals surface area contributed by atoms with Crippen LogP contribution < -0.4 is 20.9 Å². The number of carbonyl (C=O) groups is 2. The Morgan fingerprint density at radius 3 is 2.45 bits per heavy atom. The first-order valence-electron chi connectivity index (χ1n) is 9.06. The fourth-order valence-electron chi connectivity index (χ4n) is 2.85. The average molecular weight is 407 g/mol. The maximum Gasteiger partial charge on any atom is 0.276 e. The predicted octanol–water partition coefficient (Wildman–Crippen LogP) is 2.79. The summed E-state index contributed by atoms with van der Waals surface area (Å²) < 4.78 is 5.45. The lowest BCUT2D eigenvalue weighted by Gasteiger charge is -2.12. The normalized spacial score (nSPS) is 10.2. The van der Waals surface area contributed by atoms with Gasteiger partial charge in [0.2, 0.25) is 5.91 Å². The molecule has 3 aromatic rings. The number of carbonyl (C=O) groups excluding carboxylic acids is 2. The Morgan fingerprint density at radius 2 is 1.62 bits per heavy atom. The zero-order valence-electron chi connectivity index (χ0n) is 15.9. The molecule has 0 saturated heterocycles. The van der Waals surface area contributed by atoms with Gasteiger partial charge in [0, 0.05) is 0 Å². The summed E-state index contributed by atoms with van der Waals surface area (Å²) in [6.07, 6.45) is 0.174. The monoisotopic (exact) mass is 407 g/mol. The van der Waals surface area contributed by atoms with Crippen molar-refractivity contribution in [2.75, 3.05) is 6.61 Å². The number of amides is 2. The quantitative estimate of drug-likeness (QED) is 0.448. The Bertz CT molecular complexity index is 1050. The van der Waals surface area contributed by atoms with E-state index in [9.17, 15) is 9.59 Å². The Hall–Kier alpha value is -3.45. The molecule has 148 valence electrons. The molecule has 2 amide bonds. The molecule has 7 heteroatoms. The highest BCUT2D eigenvalue weighted by atomic mass is 32.1. The van der Waals surface area contributed by atoms with Gasteiger partial charge >= 0.3 is 0 Å². The van der Waals surface area contributed by atoms with Crippen LogP contribution in [0.25, 0.3) is 10.8 Å². The molecule has 0 aliphatic carbocycles. The van der Waals surface area contributed by atoms with Crippen molar-refractivity contribution in [1.82, 2.24) is 16.2 Å². The van der Waals surface area contributed by atoms with Crippen molar-refractivity contribution in [2.24, 2.45) is 0 Å². The first-order valence-corrected chi connectivity index (χ1v) is 9.47. The number of benzene rings is 3. The predicted molar refractivity (Wildman–Crippen MR) is 116 cm³/mol. The van der Waals surface area contributed by atoms with E-state index in [4.69, 9.17) is 17.0 Å². The second-order valence-electron chi connectivity index (χ2n) is 6.42. The van der Waals surface area contributed by atoms with Gasteiger partial charge in [-0.25, -0.2) is 0 Å². The molecule has 0 atom stereocenters. The lowest BCUT2D eigenvalue weighted by Crippen LogP contribution is -2.50. The van der Waals surface area contributed by atoms with Crippen LogP contribution in [0.15, 0.2) is 66.7 Å². The van der Waals surface area contributed by atoms with Gasteiger partial charge in [0.25, 0.3) is 5.91 Å². The van der Waals surface area contributed by atoms with Crippen molar-refractivity contribution in [3.8, 4) is 5.75 Å². The van der Waals surface area contributed by atoms with Crippen molar-refractivity contribution >= 4 is 39.9 Å². The van der Waals surface area contributed by atoms with E-state index in [1.165, 1.54) is 0 Å². The lowest BCUT2D eigenvalue weighted by atomic mass is 10.0. The van der Waals surface area contributed by atoms with Gasteiger partial charge in [-0.05, 0) is 47.1 Å². The number of hydrogen-bond donors (Lipinski definition) is 3. The summed E-state index contributed by atoms with van der Waals surface area (Å²) in [6.45, 7) is 1.72. The number of hydrogen-bond acceptors (Lipinski definition) is 4. The summed E-state index contributed by atoms with van der Waals surface area (Å²) in [5.41, 5.74) is 6.74. The lowest BCUT2D eigenvalue weighted by molar-refractivity contribution is -0.124. The van der Waals surface area contributed by atoms with Crippen LogP contribution >= 0.6 is 12.2 Å². The van der Waals surface area contributed by atoms with E-state index in [-0.39, 0.29) is 24.0 Å². The first kappa shape index (κ1) is 20.3. The minimum atomic E-state index is -0.418. The van der Waals surface area contributed by atoms with E-state index in [1.54, 1.807) is 6.07 Å². The number of thiocarbonyl (C=S) groups is 1. The van der Waals surface area contributed by atoms with Gasteiger partial charge < -0.3 is 10.1 Å². The summed E-state index contributed by atoms with van der Waals surface area (Å²) in [6, 6.07) is 21.1. The molecule has 0 spiro atoms. The third kappa shape index (κ3) is 5.76. The maximum absolute atomic E-state index is 12.3. The first-order chi connectivity index (χ1) is 14.0. The number of nitrogens with one attached hydrogen (secondary N) is 3. The molecular formula is C22H21N3O3S. The average Bonchev–Trinajstić information content (AvgIpc) is 2.72. The zero-order valence-corrected chi connectivity index (χ0v) is 16.7. The molecule has 3 aromatic carbocycles. The minimum absolute atomic E-state index is 0.0134. The Kier molecular flexibility index (Phi) is 6.76. The Balaban J connectivity index is 1.44. The van der Waals surface area contributed by atoms with Crippen molar-refractivity contribution in [1.29, 1.82) is 0 Å². The van der Waals surface area contributed by atoms with Crippen LogP contribution in [0.1, 0.15) is 11.1 Å². The van der Waals surface area contributed by atoms with Crippen LogP contribution in [0.3, 0.4) is 0 Å². The Morgan fingerprint density at radius 1 is 0.897 bits per heavy atom. The van der Waals surface area contributed by atoms with Gasteiger partial charge in [0.05, 0.1) is 6.42 Å². The van der Waals surface area contributed by atoms with Crippen molar-refractivity contribution in [2.45, 2.75) is 13.3 Å². The number of para-hydroxylation sites is 1. The van der Waals surface area contributed by atoms with Crippen LogP contribution in [0, 0.1) is 6.92 Å². The minimum Gasteiger partial charge on any atom is -0.483 e. The number of hydrazine groups is 1. The maximum atomic E-state index is 12.3. The molecule has 0 aliphatic rings. The molecule has 3 rings (SSSR count). The molecule has 0 fully saturated rings. The van der Waals surface area contributed by atoms with Gasteiger partial charge in [0.15, 0.2) is 11.7 Å². The van der Waals surface area contributed by atoms with Crippen LogP contribution in [0.4, 0.5) is 0 Å². The Labute approximate surface area is 174 Å². The number of rotatable bonds is 5. The highest BCUT2D eigenvalue weighted by Gasteiger charge is 2.10. The molecule has 6 nitrogen and oxygen atoms in total. The van der Waals surface area contributed by atoms with Gasteiger partial charge in [-0.1, -0.05) is 60.7 Å². The van der Waals surface area contributed by atoms with E-state index < -0.39 is 5.91 Å². The molecule has 3 N–H and O–H groups in total. The molecule has 0 bridgehead atoms. The molecule has 0 saturated carbocycles. The van der Waals surface area contributed by atoms with Crippen molar-refractivity contribution in [3.05, 3.63) is 77.9 Å². The number of fused-ring (bicyclic) bond motifs is 1. The molecule has 0 radical (unpaired) electrons. The smallest absolute Gasteiger partial charge is 0.276 e. The fraction of sp³-hybridized carbons (Fsp3) is 0.136. The van der Waals surface area contributed by atoms with Gasteiger partial charge in [-0.15, -0.1) is 0 Å². The zero-order chi connectivity index (χ0) is 20.6. The third-order valence-corrected chi connectivity index (χ3v) is 4.46. The summed E-state index contributed by atoms with van der Waals surface area (Å²) >= 11 is 5.06. The van der Waals surface area contributed by atoms with Gasteiger partial charge in [-0.3, -0.25) is 20.4 Å². The van der Waals surface area contributed by atoms with E-state index in [0.29, 0.717) is 5.75 Å². The second kappa shape index (κ2) is 9.66. The standard InChI is InChI=1S/C22H21N3O3S/c1-15-7-2-5-12-19(15)28-14-21(27)24-25-22(29)23-20(26)13-17-10-6-9-16-8-3-4-11-18(16)17/h2-12H,13-14H2,1H3,(H,24,27)(H2,23,25,26,29). The second-order valence-corrected chi connectivity index (χ2v) is 6.83. The summed E-state index contributed by atoms with van der Waals surface area (Å²) in [7, 11) is 0. The van der Waals surface area contributed by atoms with Crippen LogP contribution in [-0.4, -0.2) is 23.5 Å². The van der Waals surface area contributed by atoms with Gasteiger partial charge in [0.1, 0.15) is 5.75 Å². The largest absolute Gasteiger partial charge is 0.483 e. The third-order valence-electron chi connectivity index (χ3n) is 4.25. The van der Waals surface area contributed by atoms with Crippen LogP contribution in [0.5, 0.6) is 5.75 Å². The molecule has 29 heavy (non-hydrogen) atoms. The summed E-state index contributed by atoms with van der Waals surface area (Å²) in [4.78, 5) is 24.2. The topological polar surface area (TPSA) is 79.5 Å². The van der Waals surface area contributed by atoms with Crippen LogP contribution in [-0.2, 0) is 16.0 Å². The van der Waals surface area contributed by atoms with Crippen LogP contribution in [0.2, 0.25) is 0 Å². The van der Waals surface area contributed by atoms with E-state index in [0.717, 1.165) is 21.9 Å². The van der Waals surface area contributed by atoms with E-state index in [2.05, 4.69) is 16.2 Å². The summed E-state index contributed by atoms with van der Waals surface area (Å²) in [5, 5.41) is 4.66. The molecule has 0 aromatic heterocycles. The highest BCUT2D eigenvalue weighted by Crippen LogP contribution is 2.19. The summed E-state index contributed by atoms with van der Waals surface area (Å²) in [5.74, 6) is -0.0585. The van der Waals surface area contributed by atoms with Gasteiger partial charge in [-0.2, -0.15) is 0 Å². The molecule has 0 aliphatic heterocycles. The SMILES string of the molecule is Cc1ccccc1OCC(=O)NNC(=S)NC(=O)Cc1cccc2ccccc12. The number of ether oxygens (including phenoxy) is 1. The van der Waals surface area contributed by atoms with Crippen molar-refractivity contribution in [3.63, 3.8) is 0 Å². The van der Waals surface area contributed by atoms with E-state index in [1.807, 2.05) is 67.6 Å². The highest BCUT2D eigenvalue weighted by molar-refractivity contribution is 7.80. The fourth-order valence-corrected chi connectivity index (χ4v) is 3.01.